The zero-order chi connectivity index (χ0) is 24.1. The summed E-state index contributed by atoms with van der Waals surface area (Å²) in [6.45, 7) is 10.6. The highest BCUT2D eigenvalue weighted by Gasteiger charge is 1.97. The maximum absolute atomic E-state index is 10.4. The van der Waals surface area contributed by atoms with Crippen molar-refractivity contribution < 1.29 is 9.90 Å². The summed E-state index contributed by atoms with van der Waals surface area (Å²) < 4.78 is 0. The number of unbranched alkanes of at least 4 members (excludes halogenated alkanes) is 18. The van der Waals surface area contributed by atoms with Gasteiger partial charge in [0.2, 0.25) is 0 Å². The second-order valence-electron chi connectivity index (χ2n) is 9.32. The Morgan fingerprint density at radius 1 is 0.594 bits per heavy atom. The van der Waals surface area contributed by atoms with Crippen LogP contribution in [-0.2, 0) is 4.79 Å². The zero-order valence-corrected chi connectivity index (χ0v) is 22.4. The first-order chi connectivity index (χ1) is 15.6. The molecule has 0 saturated heterocycles. The average molecular weight is 457 g/mol. The maximum atomic E-state index is 10.4. The largest absolute Gasteiger partial charge is 0.481 e. The van der Waals surface area contributed by atoms with E-state index in [0.717, 1.165) is 39.0 Å². The van der Waals surface area contributed by atoms with Crippen molar-refractivity contribution in [1.82, 2.24) is 4.90 Å². The van der Waals surface area contributed by atoms with Crippen molar-refractivity contribution in [2.45, 2.75) is 149 Å². The highest BCUT2D eigenvalue weighted by molar-refractivity contribution is 5.66. The molecule has 0 rings (SSSR count). The third-order valence-corrected chi connectivity index (χ3v) is 6.33. The number of likely N-dealkylation sites (N-methyl/N-ethyl adjacent to an activating group) is 1. The van der Waals surface area contributed by atoms with Crippen molar-refractivity contribution in [1.29, 1.82) is 0 Å². The van der Waals surface area contributed by atoms with Gasteiger partial charge in [-0.15, -0.1) is 0 Å². The van der Waals surface area contributed by atoms with Gasteiger partial charge in [-0.05, 0) is 19.5 Å². The molecule has 0 fully saturated rings. The predicted octanol–water partition coefficient (Wildman–Crippen LogP) is 8.18. The van der Waals surface area contributed by atoms with Gasteiger partial charge in [-0.3, -0.25) is 4.79 Å². The lowest BCUT2D eigenvalue weighted by atomic mass is 10.0. The molecule has 32 heavy (non-hydrogen) atoms. The van der Waals surface area contributed by atoms with Crippen LogP contribution in [0.15, 0.2) is 0 Å². The van der Waals surface area contributed by atoms with Crippen LogP contribution in [0.4, 0.5) is 0 Å². The monoisotopic (exact) mass is 456 g/mol. The van der Waals surface area contributed by atoms with Crippen molar-refractivity contribution in [3.8, 4) is 0 Å². The molecule has 0 aliphatic carbocycles. The molecule has 0 spiro atoms. The molecule has 0 heterocycles. The Morgan fingerprint density at radius 3 is 1.12 bits per heavy atom. The van der Waals surface area contributed by atoms with Crippen molar-refractivity contribution in [2.24, 2.45) is 5.73 Å². The molecule has 0 aliphatic heterocycles. The molecular formula is C28H60N2O2. The summed E-state index contributed by atoms with van der Waals surface area (Å²) in [4.78, 5) is 12.7. The van der Waals surface area contributed by atoms with Crippen molar-refractivity contribution in [2.75, 3.05) is 26.2 Å². The first kappa shape index (κ1) is 33.6. The fourth-order valence-electron chi connectivity index (χ4n) is 4.08. The number of nitrogens with zero attached hydrogens (tertiary/aromatic N) is 1. The van der Waals surface area contributed by atoms with E-state index < -0.39 is 5.97 Å². The number of nitrogens with two attached hydrogens (primary N) is 1. The van der Waals surface area contributed by atoms with Gasteiger partial charge in [-0.25, -0.2) is 0 Å². The molecule has 0 atom stereocenters. The molecule has 0 saturated carbocycles. The topological polar surface area (TPSA) is 66.6 Å². The molecule has 3 N–H and O–H groups in total. The van der Waals surface area contributed by atoms with E-state index in [0.29, 0.717) is 6.42 Å². The van der Waals surface area contributed by atoms with Gasteiger partial charge >= 0.3 is 5.97 Å². The third kappa shape index (κ3) is 31.6. The average Bonchev–Trinajstić information content (AvgIpc) is 2.79. The van der Waals surface area contributed by atoms with Gasteiger partial charge in [0.1, 0.15) is 0 Å². The molecule has 0 aromatic heterocycles. The Balaban J connectivity index is 0. The van der Waals surface area contributed by atoms with Gasteiger partial charge in [0, 0.05) is 19.5 Å². The van der Waals surface area contributed by atoms with Crippen molar-refractivity contribution >= 4 is 5.97 Å². The number of hydrogen-bond acceptors (Lipinski definition) is 3. The minimum Gasteiger partial charge on any atom is -0.481 e. The predicted molar refractivity (Wildman–Crippen MR) is 142 cm³/mol. The van der Waals surface area contributed by atoms with E-state index in [1.54, 1.807) is 0 Å². The van der Waals surface area contributed by atoms with Crippen molar-refractivity contribution in [3.05, 3.63) is 0 Å². The lowest BCUT2D eigenvalue weighted by Gasteiger charge is -2.15. The third-order valence-electron chi connectivity index (χ3n) is 6.33. The van der Waals surface area contributed by atoms with E-state index in [1.165, 1.54) is 109 Å². The molecule has 0 bridgehead atoms. The second-order valence-corrected chi connectivity index (χ2v) is 9.32. The van der Waals surface area contributed by atoms with Gasteiger partial charge in [0.15, 0.2) is 0 Å². The number of hydrogen-bond donors (Lipinski definition) is 2. The Labute approximate surface area is 202 Å². The fourth-order valence-corrected chi connectivity index (χ4v) is 4.08. The van der Waals surface area contributed by atoms with Crippen LogP contribution in [-0.4, -0.2) is 42.2 Å². The number of carboxylic acid groups (broad SMARTS) is 1. The van der Waals surface area contributed by atoms with Gasteiger partial charge in [0.05, 0.1) is 0 Å². The standard InChI is InChI=1S/C22H44O2.C6H16N2/c1-2-3-4-5-6-7-8-9-10-11-12-13-14-15-16-17-18-19-20-21-22(23)24;1-3-8(4-2)6-5-7/h2-21H2,1H3,(H,23,24);3-7H2,1-2H3. The molecule has 0 unspecified atom stereocenters. The summed E-state index contributed by atoms with van der Waals surface area (Å²) in [5.74, 6) is -0.651. The van der Waals surface area contributed by atoms with Gasteiger partial charge < -0.3 is 15.7 Å². The maximum Gasteiger partial charge on any atom is 0.303 e. The van der Waals surface area contributed by atoms with Gasteiger partial charge in [0.25, 0.3) is 0 Å². The van der Waals surface area contributed by atoms with Crippen LogP contribution in [0.3, 0.4) is 0 Å². The Bertz CT molecular complexity index is 346. The fraction of sp³-hybridized carbons (Fsp3) is 0.964. The SMILES string of the molecule is CCCCCCCCCCCCCCCCCCCCCC(=O)O.CCN(CC)CCN. The van der Waals surface area contributed by atoms with Crippen LogP contribution in [0.1, 0.15) is 149 Å². The molecule has 0 radical (unpaired) electrons. The smallest absolute Gasteiger partial charge is 0.303 e. The molecular weight excluding hydrogens is 396 g/mol. The minimum absolute atomic E-state index is 0.346. The quantitative estimate of drug-likeness (QED) is 0.144. The molecule has 0 amide bonds. The summed E-state index contributed by atoms with van der Waals surface area (Å²) >= 11 is 0. The van der Waals surface area contributed by atoms with Gasteiger partial charge in [-0.1, -0.05) is 136 Å². The molecule has 194 valence electrons. The summed E-state index contributed by atoms with van der Waals surface area (Å²) in [5.41, 5.74) is 5.34. The number of carbonyl (C=O) groups is 1. The van der Waals surface area contributed by atoms with Gasteiger partial charge in [-0.2, -0.15) is 0 Å². The lowest BCUT2D eigenvalue weighted by molar-refractivity contribution is -0.137. The molecule has 4 nitrogen and oxygen atoms in total. The number of aliphatic carboxylic acids is 1. The minimum atomic E-state index is -0.651. The highest BCUT2D eigenvalue weighted by Crippen LogP contribution is 2.14. The normalized spacial score (nSPS) is 10.9. The van der Waals surface area contributed by atoms with E-state index in [-0.39, 0.29) is 0 Å². The molecule has 0 aliphatic rings. The van der Waals surface area contributed by atoms with Crippen molar-refractivity contribution in [3.63, 3.8) is 0 Å². The summed E-state index contributed by atoms with van der Waals surface area (Å²) in [5, 5.41) is 8.56. The summed E-state index contributed by atoms with van der Waals surface area (Å²) in [7, 11) is 0. The highest BCUT2D eigenvalue weighted by atomic mass is 16.4. The van der Waals surface area contributed by atoms with E-state index >= 15 is 0 Å². The van der Waals surface area contributed by atoms with Crippen LogP contribution in [0, 0.1) is 0 Å². The van der Waals surface area contributed by atoms with Crippen LogP contribution >= 0.6 is 0 Å². The molecule has 4 heteroatoms. The van der Waals surface area contributed by atoms with Crippen LogP contribution in [0.2, 0.25) is 0 Å². The number of rotatable bonds is 24. The number of carboxylic acids is 1. The Hall–Kier alpha value is -0.610. The first-order valence-corrected chi connectivity index (χ1v) is 14.3. The Kier molecular flexibility index (Phi) is 31.9. The van der Waals surface area contributed by atoms with E-state index in [4.69, 9.17) is 10.8 Å². The lowest BCUT2D eigenvalue weighted by Crippen LogP contribution is -2.28. The van der Waals surface area contributed by atoms with E-state index in [1.807, 2.05) is 0 Å². The van der Waals surface area contributed by atoms with E-state index in [9.17, 15) is 4.79 Å². The molecule has 0 aromatic carbocycles. The summed E-state index contributed by atoms with van der Waals surface area (Å²) in [6, 6.07) is 0. The zero-order valence-electron chi connectivity index (χ0n) is 22.4. The Morgan fingerprint density at radius 2 is 0.906 bits per heavy atom. The summed E-state index contributed by atoms with van der Waals surface area (Å²) in [6.07, 6.45) is 26.1. The van der Waals surface area contributed by atoms with Crippen LogP contribution < -0.4 is 5.73 Å². The van der Waals surface area contributed by atoms with Crippen LogP contribution in [0.25, 0.3) is 0 Å². The first-order valence-electron chi connectivity index (χ1n) is 14.3. The second kappa shape index (κ2) is 30.4. The van der Waals surface area contributed by atoms with E-state index in [2.05, 4.69) is 25.7 Å². The molecule has 0 aromatic rings. The van der Waals surface area contributed by atoms with Crippen LogP contribution in [0.5, 0.6) is 0 Å².